The van der Waals surface area contributed by atoms with Crippen LogP contribution in [0.25, 0.3) is 0 Å². The van der Waals surface area contributed by atoms with Crippen molar-refractivity contribution in [1.29, 1.82) is 0 Å². The van der Waals surface area contributed by atoms with Crippen molar-refractivity contribution in [2.45, 2.75) is 13.8 Å². The molecule has 1 heterocycles. The largest absolute Gasteiger partial charge is 0.433 e. The van der Waals surface area contributed by atoms with E-state index in [1.165, 1.54) is 0 Å². The van der Waals surface area contributed by atoms with Crippen LogP contribution < -0.4 is 0 Å². The predicted octanol–water partition coefficient (Wildman–Crippen LogP) is 2.95. The van der Waals surface area contributed by atoms with Crippen molar-refractivity contribution >= 4 is 28.1 Å². The molecule has 0 amide bonds. The Bertz CT molecular complexity index is 120. The maximum atomic E-state index is 5.18. The van der Waals surface area contributed by atoms with Gasteiger partial charge in [0.15, 0.2) is 0 Å². The van der Waals surface area contributed by atoms with Crippen molar-refractivity contribution in [3.05, 3.63) is 11.5 Å². The molecule has 0 aromatic carbocycles. The summed E-state index contributed by atoms with van der Waals surface area (Å²) in [5.74, 6) is 1.84. The summed E-state index contributed by atoms with van der Waals surface area (Å²) >= 11 is 2.14. The van der Waals surface area contributed by atoms with Crippen LogP contribution in [0.1, 0.15) is 13.8 Å². The van der Waals surface area contributed by atoms with E-state index in [2.05, 4.69) is 22.0 Å². The normalized spacial score (nSPS) is 20.9. The molecule has 8 heavy (non-hydrogen) atoms. The minimum atomic E-state index is -0.648. The van der Waals surface area contributed by atoms with E-state index < -0.39 is 6.02 Å². The fraction of sp³-hybridized carbons (Fsp3) is 0.500. The quantitative estimate of drug-likeness (QED) is 0.481. The molecule has 1 rings (SSSR count). The predicted molar refractivity (Wildman–Crippen MR) is 41.5 cm³/mol. The number of hydrogen-bond donors (Lipinski definition) is 0. The minimum Gasteiger partial charge on any atom is -0.433 e. The number of allylic oxidation sites excluding steroid dienone is 2. The lowest BCUT2D eigenvalue weighted by Gasteiger charge is -1.96. The molecule has 1 aliphatic heterocycles. The zero-order valence-electron chi connectivity index (χ0n) is 4.64. The maximum absolute atomic E-state index is 5.18. The lowest BCUT2D eigenvalue weighted by molar-refractivity contribution is 0.466. The Labute approximate surface area is 62.6 Å². The smallest absolute Gasteiger partial charge is 0.359 e. The highest BCUT2D eigenvalue weighted by Gasteiger charge is 2.19. The molecule has 0 atom stereocenters. The van der Waals surface area contributed by atoms with E-state index in [-0.39, 0.29) is 0 Å². The average molecular weight is 244 g/mol. The van der Waals surface area contributed by atoms with Gasteiger partial charge in [0.25, 0.3) is 0 Å². The van der Waals surface area contributed by atoms with Gasteiger partial charge in [-0.2, -0.15) is 0 Å². The first-order valence-electron chi connectivity index (χ1n) is 2.19. The first-order valence-corrected chi connectivity index (χ1v) is 6.16. The van der Waals surface area contributed by atoms with Gasteiger partial charge in [0.05, 0.1) is 0 Å². The molecule has 0 aliphatic carbocycles. The van der Waals surface area contributed by atoms with Gasteiger partial charge in [-0.05, 0) is 13.8 Å². The minimum absolute atomic E-state index is 0.648. The molecule has 0 spiro atoms. The van der Waals surface area contributed by atoms with E-state index in [0.29, 0.717) is 0 Å². The van der Waals surface area contributed by atoms with E-state index in [4.69, 9.17) is 9.05 Å². The summed E-state index contributed by atoms with van der Waals surface area (Å²) in [7, 11) is 0. The molecular formula is C4H6IO2P. The van der Waals surface area contributed by atoms with Crippen LogP contribution in [0.15, 0.2) is 11.5 Å². The third-order valence-corrected chi connectivity index (χ3v) is 2.93. The highest BCUT2D eigenvalue weighted by molar-refractivity contribution is 14.2. The topological polar surface area (TPSA) is 18.5 Å². The monoisotopic (exact) mass is 244 g/mol. The van der Waals surface area contributed by atoms with Gasteiger partial charge in [-0.25, -0.2) is 0 Å². The summed E-state index contributed by atoms with van der Waals surface area (Å²) in [6, 6.07) is -0.648. The van der Waals surface area contributed by atoms with Gasteiger partial charge in [-0.1, -0.05) is 0 Å². The molecule has 0 bridgehead atoms. The van der Waals surface area contributed by atoms with Gasteiger partial charge >= 0.3 is 6.02 Å². The molecule has 0 N–H and O–H groups in total. The van der Waals surface area contributed by atoms with Crippen LogP contribution in [0.3, 0.4) is 0 Å². The van der Waals surface area contributed by atoms with Crippen LogP contribution in [-0.4, -0.2) is 0 Å². The lowest BCUT2D eigenvalue weighted by Crippen LogP contribution is -1.70. The van der Waals surface area contributed by atoms with Gasteiger partial charge in [0.1, 0.15) is 11.5 Å². The van der Waals surface area contributed by atoms with Gasteiger partial charge in [-0.3, -0.25) is 0 Å². The Hall–Kier alpha value is 0.500. The van der Waals surface area contributed by atoms with Crippen molar-refractivity contribution in [3.8, 4) is 0 Å². The first-order chi connectivity index (χ1) is 3.70. The van der Waals surface area contributed by atoms with Crippen LogP contribution in [0.4, 0.5) is 0 Å². The first kappa shape index (κ1) is 6.62. The number of halogens is 1. The van der Waals surface area contributed by atoms with E-state index in [9.17, 15) is 0 Å². The molecule has 1 aliphatic rings. The van der Waals surface area contributed by atoms with Gasteiger partial charge in [0.2, 0.25) is 0 Å². The summed E-state index contributed by atoms with van der Waals surface area (Å²) in [6.45, 7) is 3.83. The second-order valence-corrected chi connectivity index (χ2v) is 4.66. The van der Waals surface area contributed by atoms with Crippen LogP contribution in [0.5, 0.6) is 0 Å². The maximum Gasteiger partial charge on any atom is 0.359 e. The zero-order valence-corrected chi connectivity index (χ0v) is 7.69. The summed E-state index contributed by atoms with van der Waals surface area (Å²) < 4.78 is 10.4. The molecule has 0 saturated heterocycles. The van der Waals surface area contributed by atoms with Crippen LogP contribution in [-0.2, 0) is 9.05 Å². The van der Waals surface area contributed by atoms with Gasteiger partial charge in [-0.15, -0.1) is 0 Å². The Morgan fingerprint density at radius 2 is 1.62 bits per heavy atom. The van der Waals surface area contributed by atoms with Gasteiger partial charge < -0.3 is 9.05 Å². The molecule has 0 aromatic heterocycles. The number of hydrogen-bond acceptors (Lipinski definition) is 2. The molecule has 46 valence electrons. The molecule has 0 unspecified atom stereocenters. The number of rotatable bonds is 0. The Morgan fingerprint density at radius 1 is 1.25 bits per heavy atom. The lowest BCUT2D eigenvalue weighted by atomic mass is 10.5. The third kappa shape index (κ3) is 1.26. The van der Waals surface area contributed by atoms with Crippen molar-refractivity contribution in [3.63, 3.8) is 0 Å². The molecular weight excluding hydrogens is 238 g/mol. The van der Waals surface area contributed by atoms with Crippen LogP contribution in [0.2, 0.25) is 0 Å². The molecule has 2 nitrogen and oxygen atoms in total. The van der Waals surface area contributed by atoms with E-state index in [0.717, 1.165) is 11.5 Å². The van der Waals surface area contributed by atoms with Crippen molar-refractivity contribution in [1.82, 2.24) is 0 Å². The Morgan fingerprint density at radius 3 is 1.75 bits per heavy atom. The fourth-order valence-electron chi connectivity index (χ4n) is 0.363. The van der Waals surface area contributed by atoms with E-state index in [1.54, 1.807) is 0 Å². The summed E-state index contributed by atoms with van der Waals surface area (Å²) in [6.07, 6.45) is 0. The standard InChI is InChI=1S/C4H6IO2P/c1-3-4(2)7-8(5)6-3/h1-2H3. The van der Waals surface area contributed by atoms with E-state index in [1.807, 2.05) is 13.8 Å². The third-order valence-electron chi connectivity index (χ3n) is 0.913. The highest BCUT2D eigenvalue weighted by atomic mass is 127. The van der Waals surface area contributed by atoms with Crippen LogP contribution in [0, 0.1) is 0 Å². The highest BCUT2D eigenvalue weighted by Crippen LogP contribution is 2.55. The Balaban J connectivity index is 2.60. The fourth-order valence-corrected chi connectivity index (χ4v) is 2.86. The second-order valence-electron chi connectivity index (χ2n) is 1.51. The van der Waals surface area contributed by atoms with Gasteiger partial charge in [0, 0.05) is 22.0 Å². The van der Waals surface area contributed by atoms with Crippen LogP contribution >= 0.6 is 28.1 Å². The molecule has 0 saturated carbocycles. The molecule has 0 radical (unpaired) electrons. The second kappa shape index (κ2) is 2.40. The molecule has 0 fully saturated rings. The van der Waals surface area contributed by atoms with Crippen molar-refractivity contribution in [2.24, 2.45) is 0 Å². The summed E-state index contributed by atoms with van der Waals surface area (Å²) in [5, 5.41) is 0. The Kier molecular flexibility index (Phi) is 1.98. The summed E-state index contributed by atoms with van der Waals surface area (Å²) in [5.41, 5.74) is 0. The zero-order chi connectivity index (χ0) is 6.15. The summed E-state index contributed by atoms with van der Waals surface area (Å²) in [4.78, 5) is 0. The van der Waals surface area contributed by atoms with Crippen molar-refractivity contribution < 1.29 is 9.05 Å². The van der Waals surface area contributed by atoms with E-state index >= 15 is 0 Å². The SMILES string of the molecule is CC1=C(C)OP(I)O1. The molecule has 4 heteroatoms. The molecule has 0 aromatic rings. The van der Waals surface area contributed by atoms with Crippen molar-refractivity contribution in [2.75, 3.05) is 0 Å². The average Bonchev–Trinajstić information content (AvgIpc) is 1.85.